The Morgan fingerprint density at radius 2 is 2.06 bits per heavy atom. The molecule has 3 N–H and O–H groups in total. The molecule has 92 valence electrons. The summed E-state index contributed by atoms with van der Waals surface area (Å²) in [5, 5.41) is 11.7. The van der Waals surface area contributed by atoms with Crippen LogP contribution in [0.2, 0.25) is 0 Å². The van der Waals surface area contributed by atoms with Gasteiger partial charge in [0, 0.05) is 19.1 Å². The SMILES string of the molecule is N/C(=N/O)[C@@H]1CN(C2CCCCC2)CCO1. The summed E-state index contributed by atoms with van der Waals surface area (Å²) in [4.78, 5) is 2.44. The van der Waals surface area contributed by atoms with Gasteiger partial charge >= 0.3 is 0 Å². The van der Waals surface area contributed by atoms with Gasteiger partial charge in [0.15, 0.2) is 5.84 Å². The Bertz CT molecular complexity index is 252. The molecular weight excluding hydrogens is 206 g/mol. The maximum Gasteiger partial charge on any atom is 0.169 e. The minimum absolute atomic E-state index is 0.195. The molecule has 0 aromatic rings. The summed E-state index contributed by atoms with van der Waals surface area (Å²) in [7, 11) is 0. The smallest absolute Gasteiger partial charge is 0.169 e. The van der Waals surface area contributed by atoms with E-state index < -0.39 is 0 Å². The van der Waals surface area contributed by atoms with Crippen LogP contribution in [-0.4, -0.2) is 47.8 Å². The Kier molecular flexibility index (Phi) is 4.01. The topological polar surface area (TPSA) is 71.1 Å². The zero-order chi connectivity index (χ0) is 11.4. The Morgan fingerprint density at radius 3 is 2.75 bits per heavy atom. The van der Waals surface area contributed by atoms with Crippen molar-refractivity contribution >= 4 is 5.84 Å². The molecule has 1 saturated carbocycles. The molecule has 2 fully saturated rings. The first-order valence-corrected chi connectivity index (χ1v) is 6.14. The highest BCUT2D eigenvalue weighted by Crippen LogP contribution is 2.24. The van der Waals surface area contributed by atoms with Crippen LogP contribution < -0.4 is 5.73 Å². The molecular formula is C11H21N3O2. The summed E-state index contributed by atoms with van der Waals surface area (Å²) >= 11 is 0. The Hall–Kier alpha value is -0.810. The Labute approximate surface area is 96.2 Å². The molecule has 1 saturated heterocycles. The van der Waals surface area contributed by atoms with Crippen LogP contribution in [0.25, 0.3) is 0 Å². The lowest BCUT2D eigenvalue weighted by Crippen LogP contribution is -2.52. The number of rotatable bonds is 2. The number of nitrogens with two attached hydrogens (primary N) is 1. The number of hydrogen-bond acceptors (Lipinski definition) is 4. The quantitative estimate of drug-likeness (QED) is 0.316. The summed E-state index contributed by atoms with van der Waals surface area (Å²) in [6.07, 6.45) is 6.35. The number of hydrogen-bond donors (Lipinski definition) is 2. The molecule has 1 aliphatic heterocycles. The van der Waals surface area contributed by atoms with E-state index in [2.05, 4.69) is 10.1 Å². The lowest BCUT2D eigenvalue weighted by Gasteiger charge is -2.39. The minimum atomic E-state index is -0.235. The predicted octanol–water partition coefficient (Wildman–Crippen LogP) is 0.766. The first-order chi connectivity index (χ1) is 7.81. The highest BCUT2D eigenvalue weighted by Gasteiger charge is 2.29. The molecule has 0 aromatic heterocycles. The van der Waals surface area contributed by atoms with E-state index in [1.807, 2.05) is 0 Å². The second-order valence-electron chi connectivity index (χ2n) is 4.67. The summed E-state index contributed by atoms with van der Waals surface area (Å²) < 4.78 is 5.49. The average molecular weight is 227 g/mol. The molecule has 0 radical (unpaired) electrons. The molecule has 2 aliphatic rings. The van der Waals surface area contributed by atoms with Gasteiger partial charge in [0.05, 0.1) is 6.61 Å². The molecule has 1 aliphatic carbocycles. The molecule has 0 bridgehead atoms. The highest BCUT2D eigenvalue weighted by atomic mass is 16.5. The van der Waals surface area contributed by atoms with Crippen molar-refractivity contribution in [2.24, 2.45) is 10.9 Å². The lowest BCUT2D eigenvalue weighted by atomic mass is 9.93. The van der Waals surface area contributed by atoms with E-state index in [1.165, 1.54) is 32.1 Å². The van der Waals surface area contributed by atoms with E-state index in [9.17, 15) is 0 Å². The van der Waals surface area contributed by atoms with E-state index in [4.69, 9.17) is 15.7 Å². The van der Waals surface area contributed by atoms with E-state index in [-0.39, 0.29) is 11.9 Å². The summed E-state index contributed by atoms with van der Waals surface area (Å²) in [6, 6.07) is 0.673. The summed E-state index contributed by atoms with van der Waals surface area (Å²) in [5.74, 6) is 0.195. The third-order valence-corrected chi connectivity index (χ3v) is 3.63. The van der Waals surface area contributed by atoms with E-state index in [0.29, 0.717) is 12.6 Å². The monoisotopic (exact) mass is 227 g/mol. The predicted molar refractivity (Wildman–Crippen MR) is 61.6 cm³/mol. The zero-order valence-electron chi connectivity index (χ0n) is 9.64. The molecule has 0 aromatic carbocycles. The number of amidine groups is 1. The third kappa shape index (κ3) is 2.65. The fraction of sp³-hybridized carbons (Fsp3) is 0.909. The van der Waals surface area contributed by atoms with Crippen molar-refractivity contribution in [2.75, 3.05) is 19.7 Å². The van der Waals surface area contributed by atoms with Crippen molar-refractivity contribution < 1.29 is 9.94 Å². The normalized spacial score (nSPS) is 30.5. The van der Waals surface area contributed by atoms with Crippen LogP contribution in [0.3, 0.4) is 0 Å². The van der Waals surface area contributed by atoms with Gasteiger partial charge in [-0.1, -0.05) is 24.4 Å². The average Bonchev–Trinajstić information content (AvgIpc) is 2.39. The van der Waals surface area contributed by atoms with Crippen molar-refractivity contribution in [3.05, 3.63) is 0 Å². The second-order valence-corrected chi connectivity index (χ2v) is 4.67. The number of ether oxygens (including phenoxy) is 1. The molecule has 16 heavy (non-hydrogen) atoms. The van der Waals surface area contributed by atoms with Crippen LogP contribution in [0, 0.1) is 0 Å². The molecule has 0 amide bonds. The van der Waals surface area contributed by atoms with Gasteiger partial charge in [-0.15, -0.1) is 0 Å². The molecule has 5 heteroatoms. The van der Waals surface area contributed by atoms with Crippen molar-refractivity contribution in [1.29, 1.82) is 0 Å². The van der Waals surface area contributed by atoms with E-state index in [1.54, 1.807) is 0 Å². The molecule has 0 unspecified atom stereocenters. The number of morpholine rings is 1. The fourth-order valence-electron chi connectivity index (χ4n) is 2.69. The van der Waals surface area contributed by atoms with Gasteiger partial charge in [0.1, 0.15) is 6.10 Å². The molecule has 5 nitrogen and oxygen atoms in total. The van der Waals surface area contributed by atoms with Crippen molar-refractivity contribution in [1.82, 2.24) is 4.90 Å². The maximum absolute atomic E-state index is 8.65. The van der Waals surface area contributed by atoms with E-state index >= 15 is 0 Å². The Morgan fingerprint density at radius 1 is 1.31 bits per heavy atom. The minimum Gasteiger partial charge on any atom is -0.409 e. The van der Waals surface area contributed by atoms with Gasteiger partial charge in [-0.05, 0) is 12.8 Å². The molecule has 2 rings (SSSR count). The van der Waals surface area contributed by atoms with Crippen LogP contribution in [-0.2, 0) is 4.74 Å². The first-order valence-electron chi connectivity index (χ1n) is 6.14. The van der Waals surface area contributed by atoms with Gasteiger partial charge in [-0.2, -0.15) is 0 Å². The zero-order valence-corrected chi connectivity index (χ0v) is 9.64. The number of nitrogens with zero attached hydrogens (tertiary/aromatic N) is 2. The van der Waals surface area contributed by atoms with E-state index in [0.717, 1.165) is 13.1 Å². The third-order valence-electron chi connectivity index (χ3n) is 3.63. The second kappa shape index (κ2) is 5.50. The summed E-state index contributed by atoms with van der Waals surface area (Å²) in [5.41, 5.74) is 5.59. The molecule has 0 spiro atoms. The Balaban J connectivity index is 1.90. The van der Waals surface area contributed by atoms with Crippen molar-refractivity contribution in [3.63, 3.8) is 0 Å². The van der Waals surface area contributed by atoms with Gasteiger partial charge in [-0.25, -0.2) is 0 Å². The van der Waals surface area contributed by atoms with Gasteiger partial charge < -0.3 is 15.7 Å². The van der Waals surface area contributed by atoms with Crippen LogP contribution in [0.1, 0.15) is 32.1 Å². The van der Waals surface area contributed by atoms with Crippen LogP contribution >= 0.6 is 0 Å². The fourth-order valence-corrected chi connectivity index (χ4v) is 2.69. The molecule has 1 atom stereocenters. The van der Waals surface area contributed by atoms with Crippen LogP contribution in [0.15, 0.2) is 5.16 Å². The standard InChI is InChI=1S/C11H21N3O2/c12-11(13-15)10-8-14(6-7-16-10)9-4-2-1-3-5-9/h9-10,15H,1-8H2,(H2,12,13)/t10-/m0/s1. The largest absolute Gasteiger partial charge is 0.409 e. The van der Waals surface area contributed by atoms with Gasteiger partial charge in [0.25, 0.3) is 0 Å². The lowest BCUT2D eigenvalue weighted by molar-refractivity contribution is -0.0194. The van der Waals surface area contributed by atoms with Gasteiger partial charge in [0.2, 0.25) is 0 Å². The van der Waals surface area contributed by atoms with Crippen LogP contribution in [0.4, 0.5) is 0 Å². The van der Waals surface area contributed by atoms with Crippen molar-refractivity contribution in [3.8, 4) is 0 Å². The maximum atomic E-state index is 8.65. The summed E-state index contributed by atoms with van der Waals surface area (Å²) in [6.45, 7) is 2.41. The number of oxime groups is 1. The first kappa shape index (κ1) is 11.7. The van der Waals surface area contributed by atoms with Gasteiger partial charge in [-0.3, -0.25) is 4.90 Å². The highest BCUT2D eigenvalue weighted by molar-refractivity contribution is 5.84. The molecule has 1 heterocycles. The van der Waals surface area contributed by atoms with Crippen molar-refractivity contribution in [2.45, 2.75) is 44.2 Å². The van der Waals surface area contributed by atoms with Crippen LogP contribution in [0.5, 0.6) is 0 Å².